The molecule has 1 aromatic carbocycles. The number of rotatable bonds is 12. The van der Waals surface area contributed by atoms with Crippen molar-refractivity contribution in [1.82, 2.24) is 0 Å². The molecule has 3 rings (SSSR count). The highest BCUT2D eigenvalue weighted by molar-refractivity contribution is 6.03. The Morgan fingerprint density at radius 3 is 1.43 bits per heavy atom. The van der Waals surface area contributed by atoms with Crippen LogP contribution in [-0.2, 0) is 9.47 Å². The molecule has 226 valence electrons. The van der Waals surface area contributed by atoms with Crippen LogP contribution in [0.5, 0.6) is 0 Å². The number of hydrogen-bond acceptors (Lipinski definition) is 4. The van der Waals surface area contributed by atoms with Gasteiger partial charge in [-0.2, -0.15) is 0 Å². The summed E-state index contributed by atoms with van der Waals surface area (Å²) in [6.45, 7) is 33.7. The summed E-state index contributed by atoms with van der Waals surface area (Å²) >= 11 is 0. The quantitative estimate of drug-likeness (QED) is 0.185. The monoisotopic (exact) mass is 570 g/mol. The van der Waals surface area contributed by atoms with Crippen molar-refractivity contribution in [3.05, 3.63) is 109 Å². The highest BCUT2D eigenvalue weighted by Crippen LogP contribution is 2.50. The largest absolute Gasteiger partial charge is 0.458 e. The van der Waals surface area contributed by atoms with Crippen LogP contribution in [0.25, 0.3) is 0 Å². The molecule has 2 aliphatic rings. The van der Waals surface area contributed by atoms with Crippen LogP contribution in [0.1, 0.15) is 86.9 Å². The topological polar surface area (TPSA) is 52.6 Å². The molecule has 42 heavy (non-hydrogen) atoms. The van der Waals surface area contributed by atoms with Gasteiger partial charge >= 0.3 is 11.9 Å². The van der Waals surface area contributed by atoms with E-state index in [2.05, 4.69) is 67.2 Å². The van der Waals surface area contributed by atoms with Crippen LogP contribution in [0.2, 0.25) is 0 Å². The number of carbonyl (C=O) groups is 2. The second-order valence-electron chi connectivity index (χ2n) is 13.2. The number of allylic oxidation sites excluding steroid dienone is 4. The third kappa shape index (κ3) is 7.32. The van der Waals surface area contributed by atoms with Gasteiger partial charge in [-0.15, -0.1) is 13.2 Å². The maximum atomic E-state index is 13.2. The Balaban J connectivity index is 1.67. The second-order valence-corrected chi connectivity index (χ2v) is 13.2. The van der Waals surface area contributed by atoms with Crippen LogP contribution in [0.3, 0.4) is 0 Å². The van der Waals surface area contributed by atoms with Crippen molar-refractivity contribution in [3.63, 3.8) is 0 Å². The molecule has 6 atom stereocenters. The smallest absolute Gasteiger partial charge is 0.339 e. The molecule has 4 heteroatoms. The average Bonchev–Trinajstić information content (AvgIpc) is 2.98. The van der Waals surface area contributed by atoms with Gasteiger partial charge in [0.1, 0.15) is 13.2 Å². The zero-order valence-electron chi connectivity index (χ0n) is 26.3. The van der Waals surface area contributed by atoms with Gasteiger partial charge in [-0.3, -0.25) is 0 Å². The lowest BCUT2D eigenvalue weighted by Gasteiger charge is -2.44. The third-order valence-electron chi connectivity index (χ3n) is 10.2. The molecule has 0 unspecified atom stereocenters. The highest BCUT2D eigenvalue weighted by atomic mass is 16.5. The van der Waals surface area contributed by atoms with Crippen LogP contribution in [0.15, 0.2) is 98.2 Å². The van der Waals surface area contributed by atoms with E-state index in [9.17, 15) is 9.59 Å². The first-order valence-electron chi connectivity index (χ1n) is 15.1. The van der Waals surface area contributed by atoms with Gasteiger partial charge in [0.2, 0.25) is 0 Å². The minimum Gasteiger partial charge on any atom is -0.458 e. The Kier molecular flexibility index (Phi) is 10.8. The van der Waals surface area contributed by atoms with Crippen molar-refractivity contribution in [2.24, 2.45) is 34.5 Å². The number of hydrogen-bond donors (Lipinski definition) is 0. The lowest BCUT2D eigenvalue weighted by molar-refractivity contribution is 0.0464. The van der Waals surface area contributed by atoms with Gasteiger partial charge in [-0.05, 0) is 110 Å². The average molecular weight is 571 g/mol. The zero-order chi connectivity index (χ0) is 31.2. The van der Waals surface area contributed by atoms with E-state index in [0.29, 0.717) is 11.8 Å². The van der Waals surface area contributed by atoms with Crippen LogP contribution in [-0.4, -0.2) is 25.2 Å². The fraction of sp³-hybridized carbons (Fsp3) is 0.474. The van der Waals surface area contributed by atoms with E-state index in [4.69, 9.17) is 9.47 Å². The summed E-state index contributed by atoms with van der Waals surface area (Å²) in [6, 6.07) is 6.61. The Morgan fingerprint density at radius 2 is 1.12 bits per heavy atom. The Labute approximate surface area is 254 Å². The van der Waals surface area contributed by atoms with Crippen molar-refractivity contribution in [1.29, 1.82) is 0 Å². The minimum absolute atomic E-state index is 0.0712. The number of esters is 2. The first kappa shape index (κ1) is 33.1. The Hall–Kier alpha value is -3.40. The van der Waals surface area contributed by atoms with Gasteiger partial charge in [-0.1, -0.05) is 75.6 Å². The fourth-order valence-electron chi connectivity index (χ4n) is 6.82. The number of carbonyl (C=O) groups excluding carboxylic acids is 2. The molecule has 0 aliphatic heterocycles. The van der Waals surface area contributed by atoms with Crippen LogP contribution in [0, 0.1) is 34.5 Å². The van der Waals surface area contributed by atoms with Crippen molar-refractivity contribution < 1.29 is 19.1 Å². The fourth-order valence-corrected chi connectivity index (χ4v) is 6.82. The van der Waals surface area contributed by atoms with Crippen molar-refractivity contribution in [3.8, 4) is 0 Å². The van der Waals surface area contributed by atoms with Gasteiger partial charge in [0.05, 0.1) is 11.1 Å². The zero-order valence-corrected chi connectivity index (χ0v) is 26.3. The summed E-state index contributed by atoms with van der Waals surface area (Å²) in [7, 11) is 0. The number of benzene rings is 1. The second kappa shape index (κ2) is 13.7. The van der Waals surface area contributed by atoms with E-state index >= 15 is 0 Å². The summed E-state index contributed by atoms with van der Waals surface area (Å²) in [4.78, 5) is 26.5. The molecule has 0 N–H and O–H groups in total. The molecule has 0 bridgehead atoms. The Bertz CT molecular complexity index is 1170. The van der Waals surface area contributed by atoms with Gasteiger partial charge in [-0.25, -0.2) is 9.59 Å². The molecule has 1 aromatic rings. The predicted octanol–water partition coefficient (Wildman–Crippen LogP) is 9.48. The van der Waals surface area contributed by atoms with Crippen molar-refractivity contribution in [2.45, 2.75) is 66.2 Å². The maximum Gasteiger partial charge on any atom is 0.339 e. The maximum absolute atomic E-state index is 13.2. The van der Waals surface area contributed by atoms with Gasteiger partial charge in [0.15, 0.2) is 0 Å². The standard InChI is InChI=1S/C38H50O4/c1-11-37(9)19-17-29(25(3)4)21-33(37)27(7)23-41-35(39)31-15-13-14-16-32(31)36(40)42-24-28(8)34-22-30(26(5)6)18-20-38(34,10)12-2/h11-16,29-30,33-34H,1-3,5,7-8,17-24H2,4,6,9-10H3/t29-,30-,33+,34+,37-,38-/m1/s1. The molecule has 0 aromatic heterocycles. The molecule has 2 saturated carbocycles. The summed E-state index contributed by atoms with van der Waals surface area (Å²) in [6.07, 6.45) is 9.89. The van der Waals surface area contributed by atoms with E-state index in [1.165, 1.54) is 11.1 Å². The minimum atomic E-state index is -0.578. The summed E-state index contributed by atoms with van der Waals surface area (Å²) in [5.41, 5.74) is 4.13. The SMILES string of the molecule is C=C[C@]1(C)CC[C@@H](C(=C)C)C[C@H]1C(=C)COC(=O)c1ccccc1C(=O)OCC(=C)[C@@H]1C[C@H](C(=C)C)CC[C@@]1(C)C=C. The van der Waals surface area contributed by atoms with Crippen LogP contribution < -0.4 is 0 Å². The molecule has 2 aliphatic carbocycles. The molecule has 0 spiro atoms. The van der Waals surface area contributed by atoms with E-state index in [1.807, 2.05) is 12.2 Å². The highest BCUT2D eigenvalue weighted by Gasteiger charge is 2.41. The summed E-state index contributed by atoms with van der Waals surface area (Å²) in [5.74, 6) is -0.0995. The lowest BCUT2D eigenvalue weighted by atomic mass is 9.61. The van der Waals surface area contributed by atoms with Crippen molar-refractivity contribution in [2.75, 3.05) is 13.2 Å². The van der Waals surface area contributed by atoms with E-state index < -0.39 is 11.9 Å². The van der Waals surface area contributed by atoms with Crippen LogP contribution >= 0.6 is 0 Å². The molecule has 4 nitrogen and oxygen atoms in total. The van der Waals surface area contributed by atoms with E-state index in [1.54, 1.807) is 24.3 Å². The van der Waals surface area contributed by atoms with E-state index in [-0.39, 0.29) is 47.0 Å². The molecular weight excluding hydrogens is 520 g/mol. The van der Waals surface area contributed by atoms with E-state index in [0.717, 1.165) is 49.7 Å². The Morgan fingerprint density at radius 1 is 0.762 bits per heavy atom. The molecule has 0 heterocycles. The van der Waals surface area contributed by atoms with Crippen molar-refractivity contribution >= 4 is 11.9 Å². The first-order chi connectivity index (χ1) is 19.8. The molecule has 0 radical (unpaired) electrons. The number of ether oxygens (including phenoxy) is 2. The van der Waals surface area contributed by atoms with Gasteiger partial charge in [0.25, 0.3) is 0 Å². The normalized spacial score (nSPS) is 29.0. The summed E-state index contributed by atoms with van der Waals surface area (Å²) < 4.78 is 11.4. The van der Waals surface area contributed by atoms with Gasteiger partial charge in [0, 0.05) is 0 Å². The third-order valence-corrected chi connectivity index (χ3v) is 10.2. The molecule has 0 amide bonds. The molecule has 2 fully saturated rings. The van der Waals surface area contributed by atoms with Gasteiger partial charge < -0.3 is 9.47 Å². The predicted molar refractivity (Wildman–Crippen MR) is 173 cm³/mol. The lowest BCUT2D eigenvalue weighted by Crippen LogP contribution is -2.35. The van der Waals surface area contributed by atoms with Crippen LogP contribution in [0.4, 0.5) is 0 Å². The molecule has 0 saturated heterocycles. The molecular formula is C38H50O4. The first-order valence-corrected chi connectivity index (χ1v) is 15.1. The summed E-state index contributed by atoms with van der Waals surface area (Å²) in [5, 5.41) is 0.